The van der Waals surface area contributed by atoms with Crippen molar-refractivity contribution in [1.82, 2.24) is 0 Å². The van der Waals surface area contributed by atoms with E-state index in [9.17, 15) is 13.6 Å². The van der Waals surface area contributed by atoms with Gasteiger partial charge in [-0.2, -0.15) is 0 Å². The van der Waals surface area contributed by atoms with Crippen LogP contribution in [0.2, 0.25) is 5.02 Å². The maximum absolute atomic E-state index is 13.9. The maximum Gasteiger partial charge on any atom is 0.310 e. The molecule has 0 bridgehead atoms. The van der Waals surface area contributed by atoms with E-state index in [1.54, 1.807) is 37.3 Å². The molecule has 0 saturated heterocycles. The van der Waals surface area contributed by atoms with Gasteiger partial charge in [0.05, 0.1) is 25.8 Å². The molecule has 3 aromatic rings. The normalized spacial score (nSPS) is 13.4. The van der Waals surface area contributed by atoms with Crippen molar-refractivity contribution in [3.05, 3.63) is 52.2 Å². The lowest BCUT2D eigenvalue weighted by Crippen LogP contribution is -2.09. The SMILES string of the molecule is CCOC(=O)Cc1ccc(OC)cc1OCc1c(C(F)F)oc2c(NC3CC3)cc(Cl)cc12. The third-order valence-corrected chi connectivity index (χ3v) is 5.53. The van der Waals surface area contributed by atoms with Gasteiger partial charge in [0.25, 0.3) is 6.43 Å². The summed E-state index contributed by atoms with van der Waals surface area (Å²) in [6.07, 6.45) is -0.855. The third-order valence-electron chi connectivity index (χ3n) is 5.31. The van der Waals surface area contributed by atoms with E-state index in [0.717, 1.165) is 12.8 Å². The van der Waals surface area contributed by atoms with Gasteiger partial charge in [-0.15, -0.1) is 0 Å². The molecule has 1 N–H and O–H groups in total. The quantitative estimate of drug-likeness (QED) is 0.344. The summed E-state index contributed by atoms with van der Waals surface area (Å²) in [7, 11) is 1.50. The molecule has 0 amide bonds. The Morgan fingerprint density at radius 3 is 2.73 bits per heavy atom. The van der Waals surface area contributed by atoms with E-state index in [1.807, 2.05) is 0 Å². The number of rotatable bonds is 10. The second kappa shape index (κ2) is 9.87. The fourth-order valence-electron chi connectivity index (χ4n) is 3.57. The van der Waals surface area contributed by atoms with Crippen LogP contribution in [0, 0.1) is 0 Å². The summed E-state index contributed by atoms with van der Waals surface area (Å²) in [5, 5.41) is 4.13. The highest BCUT2D eigenvalue weighted by Crippen LogP contribution is 2.40. The smallest absolute Gasteiger partial charge is 0.310 e. The maximum atomic E-state index is 13.9. The van der Waals surface area contributed by atoms with Gasteiger partial charge in [0, 0.05) is 33.6 Å². The molecule has 1 aliphatic rings. The molecule has 0 spiro atoms. The zero-order valence-electron chi connectivity index (χ0n) is 18.3. The Bertz CT molecular complexity index is 1160. The van der Waals surface area contributed by atoms with Gasteiger partial charge in [-0.25, -0.2) is 8.78 Å². The number of carbonyl (C=O) groups excluding carboxylic acids is 1. The molecule has 1 aromatic heterocycles. The average molecular weight is 480 g/mol. The lowest BCUT2D eigenvalue weighted by molar-refractivity contribution is -0.142. The van der Waals surface area contributed by atoms with Crippen LogP contribution in [0.4, 0.5) is 14.5 Å². The van der Waals surface area contributed by atoms with Crippen LogP contribution in [0.5, 0.6) is 11.5 Å². The van der Waals surface area contributed by atoms with Crippen LogP contribution in [-0.4, -0.2) is 25.7 Å². The first-order valence-corrected chi connectivity index (χ1v) is 11.0. The summed E-state index contributed by atoms with van der Waals surface area (Å²) in [5.41, 5.74) is 1.65. The van der Waals surface area contributed by atoms with E-state index >= 15 is 0 Å². The van der Waals surface area contributed by atoms with Crippen molar-refractivity contribution in [3.63, 3.8) is 0 Å². The minimum atomic E-state index is -2.84. The predicted octanol–water partition coefficient (Wildman–Crippen LogP) is 6.29. The van der Waals surface area contributed by atoms with Gasteiger partial charge >= 0.3 is 5.97 Å². The monoisotopic (exact) mass is 479 g/mol. The lowest BCUT2D eigenvalue weighted by atomic mass is 10.1. The van der Waals surface area contributed by atoms with Gasteiger partial charge in [-0.05, 0) is 38.0 Å². The molecule has 1 saturated carbocycles. The number of benzene rings is 2. The fraction of sp³-hybridized carbons (Fsp3) is 0.375. The van der Waals surface area contributed by atoms with Crippen molar-refractivity contribution in [2.24, 2.45) is 0 Å². The number of carbonyl (C=O) groups is 1. The minimum absolute atomic E-state index is 0.0255. The number of esters is 1. The van der Waals surface area contributed by atoms with E-state index in [4.69, 9.17) is 30.2 Å². The number of methoxy groups -OCH3 is 1. The first-order valence-electron chi connectivity index (χ1n) is 10.6. The van der Waals surface area contributed by atoms with E-state index in [0.29, 0.717) is 38.7 Å². The van der Waals surface area contributed by atoms with Crippen LogP contribution in [0.15, 0.2) is 34.7 Å². The first-order chi connectivity index (χ1) is 15.9. The van der Waals surface area contributed by atoms with E-state index in [2.05, 4.69) is 5.32 Å². The lowest BCUT2D eigenvalue weighted by Gasteiger charge is -2.13. The van der Waals surface area contributed by atoms with Gasteiger partial charge < -0.3 is 23.9 Å². The van der Waals surface area contributed by atoms with Crippen LogP contribution >= 0.6 is 11.6 Å². The van der Waals surface area contributed by atoms with Crippen LogP contribution < -0.4 is 14.8 Å². The van der Waals surface area contributed by atoms with E-state index in [-0.39, 0.29) is 31.2 Å². The molecule has 33 heavy (non-hydrogen) atoms. The Morgan fingerprint density at radius 1 is 1.27 bits per heavy atom. The number of alkyl halides is 2. The van der Waals surface area contributed by atoms with Crippen molar-refractivity contribution in [1.29, 1.82) is 0 Å². The number of ether oxygens (including phenoxy) is 3. The Balaban J connectivity index is 1.68. The number of hydrogen-bond donors (Lipinski definition) is 1. The zero-order chi connectivity index (χ0) is 23.5. The van der Waals surface area contributed by atoms with Gasteiger partial charge in [0.15, 0.2) is 11.3 Å². The molecule has 0 radical (unpaired) electrons. The topological polar surface area (TPSA) is 69.9 Å². The van der Waals surface area contributed by atoms with Crippen LogP contribution in [0.3, 0.4) is 0 Å². The second-order valence-electron chi connectivity index (χ2n) is 7.74. The molecule has 176 valence electrons. The molecule has 0 unspecified atom stereocenters. The van der Waals surface area contributed by atoms with Gasteiger partial charge in [-0.1, -0.05) is 17.7 Å². The Labute approximate surface area is 194 Å². The Morgan fingerprint density at radius 2 is 2.06 bits per heavy atom. The minimum Gasteiger partial charge on any atom is -0.497 e. The molecular weight excluding hydrogens is 456 g/mol. The van der Waals surface area contributed by atoms with Crippen molar-refractivity contribution >= 4 is 34.2 Å². The summed E-state index contributed by atoms with van der Waals surface area (Å²) in [6.45, 7) is 1.76. The molecule has 1 heterocycles. The highest BCUT2D eigenvalue weighted by atomic mass is 35.5. The van der Waals surface area contributed by atoms with Gasteiger partial charge in [-0.3, -0.25) is 4.79 Å². The summed E-state index contributed by atoms with van der Waals surface area (Å²) in [6, 6.07) is 8.52. The Kier molecular flexibility index (Phi) is 6.93. The molecule has 6 nitrogen and oxygen atoms in total. The summed E-state index contributed by atoms with van der Waals surface area (Å²) >= 11 is 6.28. The van der Waals surface area contributed by atoms with Crippen LogP contribution in [0.25, 0.3) is 11.0 Å². The predicted molar refractivity (Wildman–Crippen MR) is 120 cm³/mol. The Hall–Kier alpha value is -3.00. The fourth-order valence-corrected chi connectivity index (χ4v) is 3.79. The molecule has 0 atom stereocenters. The van der Waals surface area contributed by atoms with Crippen molar-refractivity contribution < 1.29 is 32.2 Å². The number of halogens is 3. The zero-order valence-corrected chi connectivity index (χ0v) is 19.0. The van der Waals surface area contributed by atoms with Crippen molar-refractivity contribution in [2.45, 2.75) is 45.3 Å². The van der Waals surface area contributed by atoms with E-state index in [1.165, 1.54) is 7.11 Å². The highest BCUT2D eigenvalue weighted by molar-refractivity contribution is 6.32. The molecular formula is C24H24ClF2NO5. The second-order valence-corrected chi connectivity index (χ2v) is 8.17. The number of hydrogen-bond acceptors (Lipinski definition) is 6. The number of anilines is 1. The summed E-state index contributed by atoms with van der Waals surface area (Å²) < 4.78 is 49.5. The average Bonchev–Trinajstić information content (AvgIpc) is 3.51. The molecule has 1 fully saturated rings. The number of nitrogens with one attached hydrogen (secondary N) is 1. The standard InChI is InChI=1S/C24H24ClF2NO5/c1-3-31-21(29)8-13-4-7-16(30-2)11-20(13)32-12-18-17-9-14(25)10-19(28-15-5-6-15)22(17)33-23(18)24(26)27/h4,7,9-11,15,24,28H,3,5-6,8,12H2,1-2H3. The van der Waals surface area contributed by atoms with Crippen LogP contribution in [0.1, 0.15) is 43.1 Å². The molecule has 9 heteroatoms. The number of furan rings is 1. The third kappa shape index (κ3) is 5.33. The first kappa shape index (κ1) is 23.2. The molecule has 4 rings (SSSR count). The molecule has 0 aliphatic heterocycles. The van der Waals surface area contributed by atoms with Crippen LogP contribution in [-0.2, 0) is 22.6 Å². The summed E-state index contributed by atoms with van der Waals surface area (Å²) in [4.78, 5) is 12.0. The highest BCUT2D eigenvalue weighted by Gasteiger charge is 2.27. The van der Waals surface area contributed by atoms with Crippen molar-refractivity contribution in [3.8, 4) is 11.5 Å². The summed E-state index contributed by atoms with van der Waals surface area (Å²) in [5.74, 6) is -0.0592. The van der Waals surface area contributed by atoms with Crippen molar-refractivity contribution in [2.75, 3.05) is 19.0 Å². The largest absolute Gasteiger partial charge is 0.497 e. The van der Waals surface area contributed by atoms with Gasteiger partial charge in [0.1, 0.15) is 18.1 Å². The van der Waals surface area contributed by atoms with E-state index < -0.39 is 18.2 Å². The number of fused-ring (bicyclic) bond motifs is 1. The molecule has 2 aromatic carbocycles. The van der Waals surface area contributed by atoms with Gasteiger partial charge in [0.2, 0.25) is 0 Å². The molecule has 1 aliphatic carbocycles.